The first-order valence-electron chi connectivity index (χ1n) is 7.27. The fourth-order valence-electron chi connectivity index (χ4n) is 2.03. The van der Waals surface area contributed by atoms with E-state index in [1.165, 1.54) is 39.2 Å². The zero-order chi connectivity index (χ0) is 18.8. The van der Waals surface area contributed by atoms with Crippen LogP contribution in [-0.2, 0) is 10.0 Å². The quantitative estimate of drug-likeness (QED) is 0.747. The molecule has 0 aliphatic heterocycles. The van der Waals surface area contributed by atoms with Crippen molar-refractivity contribution in [1.29, 1.82) is 0 Å². The van der Waals surface area contributed by atoms with Crippen LogP contribution in [0.1, 0.15) is 27.6 Å². The molecule has 0 aliphatic rings. The van der Waals surface area contributed by atoms with Crippen molar-refractivity contribution in [3.05, 3.63) is 58.1 Å². The molecule has 0 unspecified atom stereocenters. The fraction of sp³-hybridized carbons (Fsp3) is 0.176. The number of amides is 1. The van der Waals surface area contributed by atoms with E-state index in [0.29, 0.717) is 15.7 Å². The van der Waals surface area contributed by atoms with Gasteiger partial charge in [0.05, 0.1) is 4.90 Å². The Balaban J connectivity index is 2.30. The van der Waals surface area contributed by atoms with Crippen LogP contribution in [0.2, 0.25) is 0 Å². The van der Waals surface area contributed by atoms with E-state index in [2.05, 4.69) is 21.2 Å². The van der Waals surface area contributed by atoms with Gasteiger partial charge in [-0.25, -0.2) is 12.7 Å². The maximum Gasteiger partial charge on any atom is 0.255 e. The van der Waals surface area contributed by atoms with Crippen LogP contribution < -0.4 is 5.32 Å². The van der Waals surface area contributed by atoms with Gasteiger partial charge in [-0.15, -0.1) is 0 Å². The number of rotatable bonds is 5. The molecule has 6 nitrogen and oxygen atoms in total. The third-order valence-corrected chi connectivity index (χ3v) is 6.31. The molecule has 132 valence electrons. The van der Waals surface area contributed by atoms with Crippen LogP contribution >= 0.6 is 15.9 Å². The van der Waals surface area contributed by atoms with Crippen molar-refractivity contribution in [2.24, 2.45) is 0 Å². The summed E-state index contributed by atoms with van der Waals surface area (Å²) in [6.07, 6.45) is 0. The number of nitrogens with one attached hydrogen (secondary N) is 1. The lowest BCUT2D eigenvalue weighted by Gasteiger charge is -2.14. The van der Waals surface area contributed by atoms with E-state index in [4.69, 9.17) is 0 Å². The predicted molar refractivity (Wildman–Crippen MR) is 99.4 cm³/mol. The zero-order valence-electron chi connectivity index (χ0n) is 13.9. The number of benzene rings is 2. The molecule has 0 radical (unpaired) electrons. The highest BCUT2D eigenvalue weighted by Gasteiger charge is 2.22. The second-order valence-corrected chi connectivity index (χ2v) is 8.49. The number of hydrogen-bond acceptors (Lipinski definition) is 4. The van der Waals surface area contributed by atoms with Gasteiger partial charge in [0, 0.05) is 35.4 Å². The Labute approximate surface area is 155 Å². The van der Waals surface area contributed by atoms with Crippen molar-refractivity contribution in [1.82, 2.24) is 4.31 Å². The number of hydrogen-bond donors (Lipinski definition) is 1. The Hall–Kier alpha value is -2.03. The molecule has 8 heteroatoms. The van der Waals surface area contributed by atoms with Crippen molar-refractivity contribution in [3.63, 3.8) is 0 Å². The van der Waals surface area contributed by atoms with Crippen LogP contribution in [-0.4, -0.2) is 38.5 Å². The number of carbonyl (C=O) groups is 2. The molecule has 0 fully saturated rings. The molecule has 0 heterocycles. The summed E-state index contributed by atoms with van der Waals surface area (Å²) in [5.74, 6) is -0.511. The molecule has 1 N–H and O–H groups in total. The van der Waals surface area contributed by atoms with Gasteiger partial charge in [0.25, 0.3) is 5.91 Å². The summed E-state index contributed by atoms with van der Waals surface area (Å²) in [4.78, 5) is 23.7. The van der Waals surface area contributed by atoms with Crippen LogP contribution in [0, 0.1) is 0 Å². The minimum Gasteiger partial charge on any atom is -0.322 e. The van der Waals surface area contributed by atoms with Crippen LogP contribution in [0.15, 0.2) is 51.8 Å². The van der Waals surface area contributed by atoms with Crippen LogP contribution in [0.3, 0.4) is 0 Å². The monoisotopic (exact) mass is 424 g/mol. The molecule has 2 rings (SSSR count). The Bertz CT molecular complexity index is 922. The Kier molecular flexibility index (Phi) is 5.76. The van der Waals surface area contributed by atoms with Gasteiger partial charge in [-0.2, -0.15) is 0 Å². The molecule has 2 aromatic rings. The molecule has 0 atom stereocenters. The average molecular weight is 425 g/mol. The molecule has 25 heavy (non-hydrogen) atoms. The SMILES string of the molecule is CC(=O)c1ccc(NC(=O)c2ccc(Br)c(S(=O)(=O)N(C)C)c2)cc1. The first-order chi connectivity index (χ1) is 11.6. The maximum atomic E-state index is 12.4. The van der Waals surface area contributed by atoms with Gasteiger partial charge < -0.3 is 5.32 Å². The predicted octanol–water partition coefficient (Wildman–Crippen LogP) is 3.15. The highest BCUT2D eigenvalue weighted by Crippen LogP contribution is 2.25. The molecule has 0 spiro atoms. The molecule has 0 saturated carbocycles. The van der Waals surface area contributed by atoms with Crippen molar-refractivity contribution in [2.45, 2.75) is 11.8 Å². The minimum atomic E-state index is -3.68. The Morgan fingerprint density at radius 1 is 1.00 bits per heavy atom. The third kappa shape index (κ3) is 4.33. The first-order valence-corrected chi connectivity index (χ1v) is 9.50. The van der Waals surface area contributed by atoms with Crippen LogP contribution in [0.25, 0.3) is 0 Å². The highest BCUT2D eigenvalue weighted by atomic mass is 79.9. The van der Waals surface area contributed by atoms with Gasteiger partial charge in [-0.1, -0.05) is 0 Å². The van der Waals surface area contributed by atoms with Gasteiger partial charge in [-0.3, -0.25) is 9.59 Å². The van der Waals surface area contributed by atoms with Gasteiger partial charge >= 0.3 is 0 Å². The Morgan fingerprint density at radius 3 is 2.08 bits per heavy atom. The third-order valence-electron chi connectivity index (χ3n) is 3.50. The molecule has 0 saturated heterocycles. The summed E-state index contributed by atoms with van der Waals surface area (Å²) in [5.41, 5.74) is 1.26. The van der Waals surface area contributed by atoms with Crippen LogP contribution in [0.4, 0.5) is 5.69 Å². The summed E-state index contributed by atoms with van der Waals surface area (Å²) >= 11 is 3.20. The van der Waals surface area contributed by atoms with Gasteiger partial charge in [0.15, 0.2) is 5.78 Å². The number of carbonyl (C=O) groups excluding carboxylic acids is 2. The number of anilines is 1. The standard InChI is InChI=1S/C17H17BrN2O4S/c1-11(21)12-4-7-14(8-5-12)19-17(22)13-6-9-15(18)16(10-13)25(23,24)20(2)3/h4-10H,1-3H3,(H,19,22). The fourth-order valence-corrected chi connectivity index (χ4v) is 3.87. The molecular formula is C17H17BrN2O4S. The van der Waals surface area contributed by atoms with Crippen LogP contribution in [0.5, 0.6) is 0 Å². The van der Waals surface area contributed by atoms with Crippen molar-refractivity contribution in [2.75, 3.05) is 19.4 Å². The van der Waals surface area contributed by atoms with Crippen molar-refractivity contribution < 1.29 is 18.0 Å². The molecule has 0 aromatic heterocycles. The smallest absolute Gasteiger partial charge is 0.255 e. The van der Waals surface area contributed by atoms with Crippen molar-refractivity contribution in [3.8, 4) is 0 Å². The summed E-state index contributed by atoms with van der Waals surface area (Å²) in [5, 5.41) is 2.68. The van der Waals surface area contributed by atoms with E-state index in [9.17, 15) is 18.0 Å². The summed E-state index contributed by atoms with van der Waals surface area (Å²) in [6, 6.07) is 10.8. The molecule has 0 bridgehead atoms. The minimum absolute atomic E-state index is 0.0112. The number of sulfonamides is 1. The maximum absolute atomic E-state index is 12.4. The lowest BCUT2D eigenvalue weighted by molar-refractivity contribution is 0.101. The molecule has 1 amide bonds. The second-order valence-electron chi connectivity index (χ2n) is 5.52. The lowest BCUT2D eigenvalue weighted by Crippen LogP contribution is -2.23. The topological polar surface area (TPSA) is 83.5 Å². The van der Waals surface area contributed by atoms with E-state index in [1.54, 1.807) is 24.3 Å². The van der Waals surface area contributed by atoms with E-state index in [-0.39, 0.29) is 16.2 Å². The largest absolute Gasteiger partial charge is 0.322 e. The Morgan fingerprint density at radius 2 is 1.56 bits per heavy atom. The number of halogens is 1. The average Bonchev–Trinajstić information content (AvgIpc) is 2.55. The normalized spacial score (nSPS) is 11.4. The summed E-state index contributed by atoms with van der Waals surface area (Å²) in [6.45, 7) is 1.46. The molecule has 0 aliphatic carbocycles. The molecule has 2 aromatic carbocycles. The number of nitrogens with zero attached hydrogens (tertiary/aromatic N) is 1. The second kappa shape index (κ2) is 7.47. The molecular weight excluding hydrogens is 408 g/mol. The summed E-state index contributed by atoms with van der Waals surface area (Å²) in [7, 11) is -0.839. The van der Waals surface area contributed by atoms with E-state index in [1.807, 2.05) is 0 Å². The number of ketones is 1. The summed E-state index contributed by atoms with van der Waals surface area (Å²) < 4.78 is 26.1. The van der Waals surface area contributed by atoms with E-state index < -0.39 is 15.9 Å². The van der Waals surface area contributed by atoms with Gasteiger partial charge in [0.1, 0.15) is 0 Å². The lowest BCUT2D eigenvalue weighted by atomic mass is 10.1. The zero-order valence-corrected chi connectivity index (χ0v) is 16.3. The van der Waals surface area contributed by atoms with Gasteiger partial charge in [-0.05, 0) is 65.3 Å². The first kappa shape index (κ1) is 19.3. The van der Waals surface area contributed by atoms with E-state index in [0.717, 1.165) is 4.31 Å². The van der Waals surface area contributed by atoms with Gasteiger partial charge in [0.2, 0.25) is 10.0 Å². The number of Topliss-reactive ketones (excluding diaryl/α,β-unsaturated/α-hetero) is 1. The highest BCUT2D eigenvalue weighted by molar-refractivity contribution is 9.10. The van der Waals surface area contributed by atoms with Crippen molar-refractivity contribution >= 4 is 43.3 Å². The van der Waals surface area contributed by atoms with E-state index >= 15 is 0 Å².